The van der Waals surface area contributed by atoms with Crippen molar-refractivity contribution < 1.29 is 9.59 Å². The van der Waals surface area contributed by atoms with E-state index in [9.17, 15) is 9.59 Å². The number of nitrogens with one attached hydrogen (secondary N) is 1. The lowest BCUT2D eigenvalue weighted by Gasteiger charge is -2.41. The Bertz CT molecular complexity index is 519. The van der Waals surface area contributed by atoms with Gasteiger partial charge in [-0.25, -0.2) is 0 Å². The summed E-state index contributed by atoms with van der Waals surface area (Å²) in [5, 5.41) is 2.77. The third kappa shape index (κ3) is 2.91. The molecule has 110 valence electrons. The fraction of sp³-hybridized carbons (Fsp3) is 0.462. The number of rotatable bonds is 2. The fourth-order valence-electron chi connectivity index (χ4n) is 2.13. The number of carbonyl (C=O) groups excluding carboxylic acids is 2. The van der Waals surface area contributed by atoms with E-state index < -0.39 is 5.54 Å². The van der Waals surface area contributed by atoms with Gasteiger partial charge < -0.3 is 16.0 Å². The first kappa shape index (κ1) is 16.4. The van der Waals surface area contributed by atoms with E-state index >= 15 is 0 Å². The molecule has 0 atom stereocenters. The second-order valence-electron chi connectivity index (χ2n) is 5.01. The number of halogens is 1. The highest BCUT2D eigenvalue weighted by Crippen LogP contribution is 2.20. The van der Waals surface area contributed by atoms with E-state index in [1.165, 1.54) is 0 Å². The van der Waals surface area contributed by atoms with Crippen LogP contribution in [0.4, 0.5) is 0 Å². The van der Waals surface area contributed by atoms with Crippen LogP contribution in [0.3, 0.4) is 0 Å². The smallest absolute Gasteiger partial charge is 0.254 e. The molecule has 1 aliphatic rings. The van der Waals surface area contributed by atoms with Crippen molar-refractivity contribution in [3.63, 3.8) is 0 Å². The lowest BCUT2D eigenvalue weighted by Crippen LogP contribution is -2.63. The minimum absolute atomic E-state index is 0. The van der Waals surface area contributed by atoms with Crippen LogP contribution < -0.4 is 11.1 Å². The van der Waals surface area contributed by atoms with Crippen LogP contribution in [0.5, 0.6) is 0 Å². The van der Waals surface area contributed by atoms with Gasteiger partial charge in [0.05, 0.1) is 5.69 Å². The molecule has 1 saturated heterocycles. The van der Waals surface area contributed by atoms with Crippen LogP contribution in [-0.2, 0) is 11.3 Å². The van der Waals surface area contributed by atoms with Gasteiger partial charge >= 0.3 is 0 Å². The third-order valence-electron chi connectivity index (χ3n) is 3.37. The maximum Gasteiger partial charge on any atom is 0.254 e. The van der Waals surface area contributed by atoms with Gasteiger partial charge in [-0.3, -0.25) is 14.6 Å². The van der Waals surface area contributed by atoms with Gasteiger partial charge in [-0.2, -0.15) is 0 Å². The van der Waals surface area contributed by atoms with Crippen molar-refractivity contribution in [3.8, 4) is 0 Å². The molecule has 2 amide bonds. The van der Waals surface area contributed by atoms with Gasteiger partial charge in [0.15, 0.2) is 0 Å². The van der Waals surface area contributed by atoms with Crippen molar-refractivity contribution in [2.24, 2.45) is 5.73 Å². The number of amides is 2. The Balaban J connectivity index is 0.00000200. The van der Waals surface area contributed by atoms with E-state index in [-0.39, 0.29) is 30.8 Å². The van der Waals surface area contributed by atoms with E-state index in [4.69, 9.17) is 5.73 Å². The summed E-state index contributed by atoms with van der Waals surface area (Å²) in [5.74, 6) is -0.308. The summed E-state index contributed by atoms with van der Waals surface area (Å²) >= 11 is 0. The predicted octanol–water partition coefficient (Wildman–Crippen LogP) is 0.313. The number of nitrogens with two attached hydrogens (primary N) is 1. The molecule has 0 aromatic carbocycles. The van der Waals surface area contributed by atoms with E-state index in [1.54, 1.807) is 37.1 Å². The molecule has 1 fully saturated rings. The highest BCUT2D eigenvalue weighted by molar-refractivity contribution is 5.99. The van der Waals surface area contributed by atoms with Crippen LogP contribution in [0.15, 0.2) is 18.3 Å². The number of piperazine rings is 1. The second kappa shape index (κ2) is 6.19. The Kier molecular flexibility index (Phi) is 5.08. The SMILES string of the molecule is CC1(C)C(=O)NCCN1C(=O)c1ccnc(CN)c1.Cl. The van der Waals surface area contributed by atoms with E-state index in [2.05, 4.69) is 10.3 Å². The Morgan fingerprint density at radius 1 is 1.55 bits per heavy atom. The average molecular weight is 299 g/mol. The molecule has 1 aromatic heterocycles. The number of carbonyl (C=O) groups is 2. The van der Waals surface area contributed by atoms with Crippen LogP contribution >= 0.6 is 12.4 Å². The van der Waals surface area contributed by atoms with Gasteiger partial charge in [0, 0.05) is 31.4 Å². The van der Waals surface area contributed by atoms with Crippen LogP contribution in [0.1, 0.15) is 29.9 Å². The molecule has 0 bridgehead atoms. The molecule has 3 N–H and O–H groups in total. The minimum atomic E-state index is -0.846. The zero-order valence-corrected chi connectivity index (χ0v) is 12.4. The van der Waals surface area contributed by atoms with Crippen LogP contribution in [0.2, 0.25) is 0 Å². The van der Waals surface area contributed by atoms with Gasteiger partial charge in [-0.1, -0.05) is 0 Å². The summed E-state index contributed by atoms with van der Waals surface area (Å²) in [6, 6.07) is 3.31. The molecular formula is C13H19ClN4O2. The largest absolute Gasteiger partial charge is 0.352 e. The second-order valence-corrected chi connectivity index (χ2v) is 5.01. The molecule has 7 heteroatoms. The Labute approximate surface area is 124 Å². The summed E-state index contributed by atoms with van der Waals surface area (Å²) in [6.07, 6.45) is 1.56. The standard InChI is InChI=1S/C13H18N4O2.ClH/c1-13(2)12(19)16-5-6-17(13)11(18)9-3-4-15-10(7-9)8-14;/h3-4,7H,5-6,8,14H2,1-2H3,(H,16,19);1H. The van der Waals surface area contributed by atoms with Crippen molar-refractivity contribution in [2.75, 3.05) is 13.1 Å². The van der Waals surface area contributed by atoms with Crippen LogP contribution in [-0.4, -0.2) is 40.3 Å². The van der Waals surface area contributed by atoms with Crippen molar-refractivity contribution in [2.45, 2.75) is 25.9 Å². The molecule has 1 aliphatic heterocycles. The molecule has 6 nitrogen and oxygen atoms in total. The minimum Gasteiger partial charge on any atom is -0.352 e. The molecule has 0 radical (unpaired) electrons. The average Bonchev–Trinajstić information content (AvgIpc) is 2.41. The molecule has 2 rings (SSSR count). The number of hydrogen-bond donors (Lipinski definition) is 2. The quantitative estimate of drug-likeness (QED) is 0.822. The summed E-state index contributed by atoms with van der Waals surface area (Å²) in [4.78, 5) is 30.0. The van der Waals surface area contributed by atoms with Gasteiger partial charge in [0.2, 0.25) is 5.91 Å². The maximum absolute atomic E-state index is 12.5. The number of nitrogens with zero attached hydrogens (tertiary/aromatic N) is 2. The van der Waals surface area contributed by atoms with E-state index in [0.717, 1.165) is 0 Å². The van der Waals surface area contributed by atoms with Crippen molar-refractivity contribution in [1.82, 2.24) is 15.2 Å². The number of aromatic nitrogens is 1. The molecule has 0 saturated carbocycles. The molecule has 0 unspecified atom stereocenters. The monoisotopic (exact) mass is 298 g/mol. The van der Waals surface area contributed by atoms with E-state index in [0.29, 0.717) is 24.3 Å². The Morgan fingerprint density at radius 3 is 2.90 bits per heavy atom. The Morgan fingerprint density at radius 2 is 2.25 bits per heavy atom. The lowest BCUT2D eigenvalue weighted by molar-refractivity contribution is -0.133. The molecule has 20 heavy (non-hydrogen) atoms. The van der Waals surface area contributed by atoms with Crippen LogP contribution in [0.25, 0.3) is 0 Å². The summed E-state index contributed by atoms with van der Waals surface area (Å²) in [5.41, 5.74) is 5.85. The number of hydrogen-bond acceptors (Lipinski definition) is 4. The summed E-state index contributed by atoms with van der Waals surface area (Å²) in [6.45, 7) is 4.74. The Hall–Kier alpha value is -1.66. The molecule has 0 spiro atoms. The molecule has 2 heterocycles. The molecule has 1 aromatic rings. The third-order valence-corrected chi connectivity index (χ3v) is 3.37. The highest BCUT2D eigenvalue weighted by atomic mass is 35.5. The molecular weight excluding hydrogens is 280 g/mol. The molecule has 0 aliphatic carbocycles. The predicted molar refractivity (Wildman–Crippen MR) is 77.5 cm³/mol. The van der Waals surface area contributed by atoms with Crippen molar-refractivity contribution in [3.05, 3.63) is 29.6 Å². The van der Waals surface area contributed by atoms with Crippen LogP contribution in [0, 0.1) is 0 Å². The zero-order valence-electron chi connectivity index (χ0n) is 11.5. The summed E-state index contributed by atoms with van der Waals surface area (Å²) < 4.78 is 0. The van der Waals surface area contributed by atoms with Gasteiger partial charge in [0.1, 0.15) is 5.54 Å². The zero-order chi connectivity index (χ0) is 14.0. The normalized spacial score (nSPS) is 17.1. The van der Waals surface area contributed by atoms with Gasteiger partial charge in [-0.05, 0) is 26.0 Å². The fourth-order valence-corrected chi connectivity index (χ4v) is 2.13. The first-order valence-corrected chi connectivity index (χ1v) is 6.22. The topological polar surface area (TPSA) is 88.3 Å². The first-order chi connectivity index (χ1) is 8.96. The first-order valence-electron chi connectivity index (χ1n) is 6.22. The van der Waals surface area contributed by atoms with Crippen molar-refractivity contribution >= 4 is 24.2 Å². The summed E-state index contributed by atoms with van der Waals surface area (Å²) in [7, 11) is 0. The van der Waals surface area contributed by atoms with Gasteiger partial charge in [0.25, 0.3) is 5.91 Å². The lowest BCUT2D eigenvalue weighted by atomic mass is 9.97. The number of pyridine rings is 1. The maximum atomic E-state index is 12.5. The highest BCUT2D eigenvalue weighted by Gasteiger charge is 2.40. The van der Waals surface area contributed by atoms with E-state index in [1.807, 2.05) is 0 Å². The van der Waals surface area contributed by atoms with Crippen molar-refractivity contribution in [1.29, 1.82) is 0 Å². The van der Waals surface area contributed by atoms with Gasteiger partial charge in [-0.15, -0.1) is 12.4 Å².